The topological polar surface area (TPSA) is 52.6 Å². The van der Waals surface area contributed by atoms with Crippen LogP contribution in [0.25, 0.3) is 66.9 Å². The zero-order valence-electron chi connectivity index (χ0n) is 27.4. The Balaban J connectivity index is 0.000000123. The summed E-state index contributed by atoms with van der Waals surface area (Å²) in [5, 5.41) is 11.3. The third kappa shape index (κ3) is 3.98. The Kier molecular flexibility index (Phi) is 6.51. The lowest BCUT2D eigenvalue weighted by molar-refractivity contribution is 0.574. The maximum absolute atomic E-state index is 6.50. The lowest BCUT2D eigenvalue weighted by Crippen LogP contribution is -2.20. The highest BCUT2D eigenvalue weighted by Gasteiger charge is 2.46. The van der Waals surface area contributed by atoms with Crippen molar-refractivity contribution in [2.75, 3.05) is 0 Å². The minimum atomic E-state index is -2.25. The smallest absolute Gasteiger partial charge is 0.180 e. The quantitative estimate of drug-likeness (QED) is 0.164. The van der Waals surface area contributed by atoms with Gasteiger partial charge in [-0.3, -0.25) is 0 Å². The highest BCUT2D eigenvalue weighted by atomic mass is 32.4. The highest BCUT2D eigenvalue weighted by molar-refractivity contribution is 8.26. The standard InChI is InChI=1S/2C22H13O2PS/c2*26-25(14-8-2-1-3-9-14)21-15-10-4-6-12-17(15)23-19(21)20-22(25)16-11-5-7-13-18(16)24-20/h2*1-13H. The summed E-state index contributed by atoms with van der Waals surface area (Å²) in [6.07, 6.45) is 0. The van der Waals surface area contributed by atoms with Crippen LogP contribution in [0.1, 0.15) is 0 Å². The fourth-order valence-corrected chi connectivity index (χ4v) is 17.4. The van der Waals surface area contributed by atoms with E-state index in [9.17, 15) is 0 Å². The van der Waals surface area contributed by atoms with Gasteiger partial charge < -0.3 is 17.7 Å². The average molecular weight is 745 g/mol. The van der Waals surface area contributed by atoms with Crippen LogP contribution >= 0.6 is 12.1 Å². The third-order valence-electron chi connectivity index (χ3n) is 10.2. The Morgan fingerprint density at radius 3 is 0.788 bits per heavy atom. The molecule has 4 nitrogen and oxygen atoms in total. The summed E-state index contributed by atoms with van der Waals surface area (Å²) in [6, 6.07) is 48.9. The van der Waals surface area contributed by atoms with E-state index in [-0.39, 0.29) is 0 Å². The molecule has 4 aromatic heterocycles. The molecule has 8 heteroatoms. The summed E-state index contributed by atoms with van der Waals surface area (Å²) in [6.45, 7) is 0. The summed E-state index contributed by atoms with van der Waals surface area (Å²) < 4.78 is 25.0. The van der Waals surface area contributed by atoms with E-state index in [0.717, 1.165) is 88.1 Å². The Bertz CT molecular complexity index is 2770. The molecular formula is C44H26O4P2S2. The summed E-state index contributed by atoms with van der Waals surface area (Å²) in [5.41, 5.74) is 3.48. The van der Waals surface area contributed by atoms with E-state index in [1.807, 2.05) is 84.9 Å². The van der Waals surface area contributed by atoms with E-state index in [4.69, 9.17) is 41.3 Å². The molecule has 0 saturated heterocycles. The molecular weight excluding hydrogens is 719 g/mol. The van der Waals surface area contributed by atoms with Crippen molar-refractivity contribution in [2.45, 2.75) is 0 Å². The molecule has 52 heavy (non-hydrogen) atoms. The van der Waals surface area contributed by atoms with E-state index in [1.165, 1.54) is 10.6 Å². The van der Waals surface area contributed by atoms with E-state index in [0.29, 0.717) is 0 Å². The minimum Gasteiger partial charge on any atom is -0.452 e. The van der Waals surface area contributed by atoms with E-state index in [1.54, 1.807) is 0 Å². The first-order valence-corrected chi connectivity index (χ1v) is 22.6. The van der Waals surface area contributed by atoms with Crippen molar-refractivity contribution >= 4 is 111 Å². The largest absolute Gasteiger partial charge is 0.452 e. The van der Waals surface area contributed by atoms with Gasteiger partial charge in [0.1, 0.15) is 22.3 Å². The van der Waals surface area contributed by atoms with Crippen molar-refractivity contribution in [3.63, 3.8) is 0 Å². The average Bonchev–Trinajstić information content (AvgIpc) is 4.03. The summed E-state index contributed by atoms with van der Waals surface area (Å²) >= 11 is 13.0. The van der Waals surface area contributed by atoms with Crippen molar-refractivity contribution in [3.05, 3.63) is 158 Å². The number of para-hydroxylation sites is 4. The first-order chi connectivity index (χ1) is 25.6. The van der Waals surface area contributed by atoms with Gasteiger partial charge in [0.05, 0.1) is 21.2 Å². The molecule has 6 aromatic carbocycles. The molecule has 0 spiro atoms. The second-order valence-electron chi connectivity index (χ2n) is 13.0. The zero-order chi connectivity index (χ0) is 34.6. The second-order valence-corrected chi connectivity index (χ2v) is 21.5. The molecule has 0 amide bonds. The molecule has 0 bridgehead atoms. The van der Waals surface area contributed by atoms with Gasteiger partial charge in [0.15, 0.2) is 23.0 Å². The monoisotopic (exact) mass is 744 g/mol. The zero-order valence-corrected chi connectivity index (χ0v) is 30.8. The van der Waals surface area contributed by atoms with E-state index < -0.39 is 12.1 Å². The molecule has 0 unspecified atom stereocenters. The van der Waals surface area contributed by atoms with E-state index in [2.05, 4.69) is 72.8 Å². The van der Waals surface area contributed by atoms with Gasteiger partial charge in [0.2, 0.25) is 0 Å². The highest BCUT2D eigenvalue weighted by Crippen LogP contribution is 2.59. The summed E-state index contributed by atoms with van der Waals surface area (Å²) in [5.74, 6) is 3.24. The van der Waals surface area contributed by atoms with Crippen LogP contribution in [0, 0.1) is 0 Å². The van der Waals surface area contributed by atoms with Gasteiger partial charge >= 0.3 is 0 Å². The molecule has 2 aliphatic rings. The van der Waals surface area contributed by atoms with Crippen LogP contribution in [0.5, 0.6) is 0 Å². The first kappa shape index (κ1) is 30.4. The summed E-state index contributed by atoms with van der Waals surface area (Å²) in [4.78, 5) is 0. The van der Waals surface area contributed by atoms with Gasteiger partial charge in [0.25, 0.3) is 0 Å². The predicted molar refractivity (Wildman–Crippen MR) is 222 cm³/mol. The lowest BCUT2D eigenvalue weighted by atomic mass is 10.2. The fourth-order valence-electron chi connectivity index (χ4n) is 8.01. The van der Waals surface area contributed by atoms with Gasteiger partial charge in [0, 0.05) is 33.6 Å². The van der Waals surface area contributed by atoms with Crippen molar-refractivity contribution in [1.29, 1.82) is 0 Å². The van der Waals surface area contributed by atoms with Gasteiger partial charge in [-0.15, -0.1) is 0 Å². The van der Waals surface area contributed by atoms with Crippen LogP contribution in [0.15, 0.2) is 175 Å². The SMILES string of the molecule is S=P1(c2ccccc2)c2c(oc3ccccc23)-c2oc3ccccc3c21.S=P1(c2ccccc2)c2c(oc3ccccc23)-c2oc3ccccc3c21. The van der Waals surface area contributed by atoms with Crippen LogP contribution < -0.4 is 31.8 Å². The maximum Gasteiger partial charge on any atom is 0.180 e. The Morgan fingerprint density at radius 1 is 0.288 bits per heavy atom. The summed E-state index contributed by atoms with van der Waals surface area (Å²) in [7, 11) is 0. The van der Waals surface area contributed by atoms with Crippen LogP contribution in [0.3, 0.4) is 0 Å². The minimum absolute atomic E-state index is 0.810. The Hall–Kier alpha value is -5.22. The molecule has 0 aliphatic carbocycles. The van der Waals surface area contributed by atoms with Crippen molar-refractivity contribution in [2.24, 2.45) is 0 Å². The maximum atomic E-state index is 6.50. The number of fused-ring (bicyclic) bond motifs is 14. The van der Waals surface area contributed by atoms with Gasteiger partial charge in [-0.2, -0.15) is 0 Å². The molecule has 0 radical (unpaired) electrons. The Morgan fingerprint density at radius 2 is 0.519 bits per heavy atom. The molecule has 10 aromatic rings. The lowest BCUT2D eigenvalue weighted by Gasteiger charge is -2.18. The number of benzene rings is 6. The first-order valence-electron chi connectivity index (χ1n) is 17.0. The molecule has 6 heterocycles. The molecule has 0 saturated carbocycles. The van der Waals surface area contributed by atoms with Gasteiger partial charge in [-0.05, 0) is 34.9 Å². The Labute approximate surface area is 308 Å². The molecule has 0 fully saturated rings. The molecule has 248 valence electrons. The molecule has 12 rings (SSSR count). The van der Waals surface area contributed by atoms with E-state index >= 15 is 0 Å². The third-order valence-corrected chi connectivity index (χ3v) is 20.0. The normalized spacial score (nSPS) is 14.6. The van der Waals surface area contributed by atoms with Crippen LogP contribution in [-0.2, 0) is 23.6 Å². The number of hydrogen-bond acceptors (Lipinski definition) is 6. The van der Waals surface area contributed by atoms with Gasteiger partial charge in [-0.1, -0.05) is 157 Å². The van der Waals surface area contributed by atoms with Crippen molar-refractivity contribution in [3.8, 4) is 23.0 Å². The predicted octanol–water partition coefficient (Wildman–Crippen LogP) is 9.83. The molecule has 0 N–H and O–H groups in total. The van der Waals surface area contributed by atoms with Gasteiger partial charge in [-0.25, -0.2) is 0 Å². The van der Waals surface area contributed by atoms with Crippen molar-refractivity contribution < 1.29 is 17.7 Å². The fraction of sp³-hybridized carbons (Fsp3) is 0. The number of furan rings is 4. The molecule has 0 atom stereocenters. The second kappa shape index (κ2) is 11.1. The number of hydrogen-bond donors (Lipinski definition) is 0. The van der Waals surface area contributed by atoms with Crippen LogP contribution in [0.2, 0.25) is 0 Å². The number of rotatable bonds is 2. The van der Waals surface area contributed by atoms with Crippen LogP contribution in [-0.4, -0.2) is 0 Å². The van der Waals surface area contributed by atoms with Crippen molar-refractivity contribution in [1.82, 2.24) is 0 Å². The molecule has 2 aliphatic heterocycles. The van der Waals surface area contributed by atoms with Crippen LogP contribution in [0.4, 0.5) is 0 Å².